The summed E-state index contributed by atoms with van der Waals surface area (Å²) in [6, 6.07) is 26.0. The Labute approximate surface area is 146 Å². The minimum atomic E-state index is -0.321. The monoisotopic (exact) mass is 335 g/mol. The molecule has 3 N–H and O–H groups in total. The topological polar surface area (TPSA) is 45.7 Å². The van der Waals surface area contributed by atoms with Crippen molar-refractivity contribution in [3.05, 3.63) is 102 Å². The summed E-state index contributed by atoms with van der Waals surface area (Å²) in [7, 11) is 0. The van der Waals surface area contributed by atoms with Crippen molar-refractivity contribution in [2.24, 2.45) is 0 Å². The van der Waals surface area contributed by atoms with Gasteiger partial charge in [0, 0.05) is 16.8 Å². The first-order valence-electron chi connectivity index (χ1n) is 8.21. The Morgan fingerprint density at radius 3 is 1.88 bits per heavy atom. The normalized spacial score (nSPS) is 10.6. The van der Waals surface area contributed by atoms with Gasteiger partial charge < -0.3 is 10.6 Å². The van der Waals surface area contributed by atoms with Crippen LogP contribution in [0.5, 0.6) is 0 Å². The zero-order chi connectivity index (χ0) is 17.5. The molecule has 0 heterocycles. The zero-order valence-corrected chi connectivity index (χ0v) is 13.7. The van der Waals surface area contributed by atoms with Crippen LogP contribution < -0.4 is 10.6 Å². The smallest absolute Gasteiger partial charge is 0.279 e. The van der Waals surface area contributed by atoms with Crippen LogP contribution in [0.3, 0.4) is 0 Å². The van der Waals surface area contributed by atoms with Gasteiger partial charge in [-0.05, 0) is 24.3 Å². The van der Waals surface area contributed by atoms with Crippen molar-refractivity contribution in [2.45, 2.75) is 6.04 Å². The predicted octanol–water partition coefficient (Wildman–Crippen LogP) is 3.12. The highest BCUT2D eigenvalue weighted by Gasteiger charge is 2.18. The van der Waals surface area contributed by atoms with Gasteiger partial charge in [-0.15, -0.1) is 0 Å². The second-order valence-corrected chi connectivity index (χ2v) is 5.79. The first-order valence-corrected chi connectivity index (χ1v) is 8.21. The number of rotatable bonds is 6. The second-order valence-electron chi connectivity index (χ2n) is 5.79. The third-order valence-electron chi connectivity index (χ3n) is 3.98. The van der Waals surface area contributed by atoms with E-state index >= 15 is 0 Å². The fourth-order valence-electron chi connectivity index (χ4n) is 2.76. The number of nitrogens with two attached hydrogens (primary N) is 1. The van der Waals surface area contributed by atoms with Gasteiger partial charge in [0.2, 0.25) is 0 Å². The minimum absolute atomic E-state index is 0.0429. The molecule has 3 aromatic carbocycles. The Morgan fingerprint density at radius 1 is 0.840 bits per heavy atom. The maximum absolute atomic E-state index is 12.9. The standard InChI is InChI=1S/C21H19FN2O/c22-18-11-13-19(14-12-18)24-20(25)15-23-21(16-7-3-1-4-8-16)17-9-5-2-6-10-17/h1-14,21,23H,15H2,(H,24,25)/p+1. The Balaban J connectivity index is 1.68. The summed E-state index contributed by atoms with van der Waals surface area (Å²) in [6.45, 7) is 0.270. The molecule has 3 nitrogen and oxygen atoms in total. The van der Waals surface area contributed by atoms with E-state index in [1.165, 1.54) is 12.1 Å². The Kier molecular flexibility index (Phi) is 5.54. The second kappa shape index (κ2) is 8.22. The van der Waals surface area contributed by atoms with Crippen molar-refractivity contribution in [1.82, 2.24) is 0 Å². The molecule has 0 atom stereocenters. The molecule has 0 bridgehead atoms. The number of benzene rings is 3. The lowest BCUT2D eigenvalue weighted by Crippen LogP contribution is -2.87. The van der Waals surface area contributed by atoms with Gasteiger partial charge in [0.25, 0.3) is 5.91 Å². The zero-order valence-electron chi connectivity index (χ0n) is 13.7. The molecule has 0 radical (unpaired) electrons. The van der Waals surface area contributed by atoms with Crippen molar-refractivity contribution in [3.63, 3.8) is 0 Å². The van der Waals surface area contributed by atoms with Crippen molar-refractivity contribution in [2.75, 3.05) is 11.9 Å². The number of carbonyl (C=O) groups excluding carboxylic acids is 1. The van der Waals surface area contributed by atoms with Crippen LogP contribution >= 0.6 is 0 Å². The van der Waals surface area contributed by atoms with E-state index in [4.69, 9.17) is 0 Å². The fourth-order valence-corrected chi connectivity index (χ4v) is 2.76. The quantitative estimate of drug-likeness (QED) is 0.714. The van der Waals surface area contributed by atoms with Crippen molar-refractivity contribution in [1.29, 1.82) is 0 Å². The van der Waals surface area contributed by atoms with Crippen molar-refractivity contribution in [3.8, 4) is 0 Å². The predicted molar refractivity (Wildman–Crippen MR) is 96.5 cm³/mol. The molecule has 3 aromatic rings. The summed E-state index contributed by atoms with van der Waals surface area (Å²) in [4.78, 5) is 12.2. The highest BCUT2D eigenvalue weighted by molar-refractivity contribution is 5.91. The lowest BCUT2D eigenvalue weighted by molar-refractivity contribution is -0.676. The van der Waals surface area contributed by atoms with Crippen LogP contribution in [-0.2, 0) is 4.79 Å². The number of hydrogen-bond acceptors (Lipinski definition) is 1. The van der Waals surface area contributed by atoms with E-state index in [2.05, 4.69) is 29.6 Å². The molecular weight excluding hydrogens is 315 g/mol. The van der Waals surface area contributed by atoms with E-state index in [0.717, 1.165) is 11.1 Å². The SMILES string of the molecule is O=C(C[NH2+]C(c1ccccc1)c1ccccc1)Nc1ccc(F)cc1. The van der Waals surface area contributed by atoms with Crippen LogP contribution in [0.15, 0.2) is 84.9 Å². The Hall–Kier alpha value is -2.98. The van der Waals surface area contributed by atoms with E-state index in [9.17, 15) is 9.18 Å². The fraction of sp³-hybridized carbons (Fsp3) is 0.0952. The van der Waals surface area contributed by atoms with Crippen LogP contribution in [0.2, 0.25) is 0 Å². The number of anilines is 1. The van der Waals surface area contributed by atoms with Crippen LogP contribution in [0.25, 0.3) is 0 Å². The lowest BCUT2D eigenvalue weighted by Gasteiger charge is -2.16. The van der Waals surface area contributed by atoms with Gasteiger partial charge in [-0.1, -0.05) is 60.7 Å². The summed E-state index contributed by atoms with van der Waals surface area (Å²) in [6.07, 6.45) is 0. The van der Waals surface area contributed by atoms with Crippen LogP contribution in [0.4, 0.5) is 10.1 Å². The average molecular weight is 335 g/mol. The van der Waals surface area contributed by atoms with E-state index in [1.54, 1.807) is 12.1 Å². The summed E-state index contributed by atoms with van der Waals surface area (Å²) in [5.74, 6) is -0.443. The van der Waals surface area contributed by atoms with Crippen LogP contribution in [-0.4, -0.2) is 12.5 Å². The van der Waals surface area contributed by atoms with E-state index in [1.807, 2.05) is 41.7 Å². The van der Waals surface area contributed by atoms with Crippen LogP contribution in [0, 0.1) is 5.82 Å². The van der Waals surface area contributed by atoms with Crippen molar-refractivity contribution >= 4 is 11.6 Å². The largest absolute Gasteiger partial charge is 0.328 e. The van der Waals surface area contributed by atoms with Gasteiger partial charge >= 0.3 is 0 Å². The Bertz CT molecular complexity index is 765. The third kappa shape index (κ3) is 4.75. The first kappa shape index (κ1) is 16.9. The third-order valence-corrected chi connectivity index (χ3v) is 3.98. The van der Waals surface area contributed by atoms with E-state index in [-0.39, 0.29) is 24.3 Å². The molecule has 0 saturated heterocycles. The molecule has 0 fully saturated rings. The molecule has 126 valence electrons. The summed E-state index contributed by atoms with van der Waals surface area (Å²) >= 11 is 0. The van der Waals surface area contributed by atoms with Gasteiger partial charge in [0.1, 0.15) is 11.9 Å². The molecule has 3 rings (SSSR count). The molecule has 1 amide bonds. The lowest BCUT2D eigenvalue weighted by atomic mass is 9.99. The molecule has 4 heteroatoms. The highest BCUT2D eigenvalue weighted by atomic mass is 19.1. The highest BCUT2D eigenvalue weighted by Crippen LogP contribution is 2.17. The van der Waals surface area contributed by atoms with Gasteiger partial charge in [0.15, 0.2) is 6.54 Å². The van der Waals surface area contributed by atoms with Gasteiger partial charge in [-0.3, -0.25) is 4.79 Å². The number of carbonyl (C=O) groups is 1. The molecule has 0 spiro atoms. The maximum Gasteiger partial charge on any atom is 0.279 e. The van der Waals surface area contributed by atoms with Gasteiger partial charge in [-0.2, -0.15) is 0 Å². The molecule has 25 heavy (non-hydrogen) atoms. The molecule has 0 aliphatic rings. The van der Waals surface area contributed by atoms with Gasteiger partial charge in [0.05, 0.1) is 0 Å². The summed E-state index contributed by atoms with van der Waals surface area (Å²) < 4.78 is 12.9. The van der Waals surface area contributed by atoms with Gasteiger partial charge in [-0.25, -0.2) is 4.39 Å². The van der Waals surface area contributed by atoms with E-state index < -0.39 is 0 Å². The molecule has 0 aromatic heterocycles. The summed E-state index contributed by atoms with van der Waals surface area (Å²) in [5.41, 5.74) is 2.88. The number of amides is 1. The molecule has 0 aliphatic heterocycles. The van der Waals surface area contributed by atoms with Crippen LogP contribution in [0.1, 0.15) is 17.2 Å². The number of halogens is 1. The van der Waals surface area contributed by atoms with Crippen molar-refractivity contribution < 1.29 is 14.5 Å². The number of nitrogens with one attached hydrogen (secondary N) is 1. The average Bonchev–Trinajstić information content (AvgIpc) is 2.66. The summed E-state index contributed by atoms with van der Waals surface area (Å²) in [5, 5.41) is 4.79. The maximum atomic E-state index is 12.9. The van der Waals surface area contributed by atoms with E-state index in [0.29, 0.717) is 5.69 Å². The first-order chi connectivity index (χ1) is 12.2. The molecule has 0 aliphatic carbocycles. The number of quaternary nitrogens is 1. The molecule has 0 saturated carbocycles. The minimum Gasteiger partial charge on any atom is -0.328 e. The Morgan fingerprint density at radius 2 is 1.36 bits per heavy atom. The molecular formula is C21H20FN2O+. The molecule has 0 unspecified atom stereocenters. The number of hydrogen-bond donors (Lipinski definition) is 2.